The fraction of sp³-hybridized carbons (Fsp3) is 0.370. The quantitative estimate of drug-likeness (QED) is 0.636. The summed E-state index contributed by atoms with van der Waals surface area (Å²) in [5.74, 6) is -0.0116. The van der Waals surface area contributed by atoms with Crippen LogP contribution in [0.25, 0.3) is 10.9 Å². The van der Waals surface area contributed by atoms with E-state index in [0.29, 0.717) is 11.1 Å². The Morgan fingerprint density at radius 1 is 1.15 bits per heavy atom. The summed E-state index contributed by atoms with van der Waals surface area (Å²) >= 11 is 0. The molecule has 0 aliphatic carbocycles. The Hall–Kier alpha value is -3.47. The van der Waals surface area contributed by atoms with Gasteiger partial charge in [0.1, 0.15) is 6.07 Å². The Balaban J connectivity index is 1.24. The summed E-state index contributed by atoms with van der Waals surface area (Å²) in [5, 5.41) is 13.6. The van der Waals surface area contributed by atoms with Crippen molar-refractivity contribution >= 4 is 22.5 Å². The molecule has 0 saturated carbocycles. The van der Waals surface area contributed by atoms with Crippen molar-refractivity contribution in [1.29, 1.82) is 5.26 Å². The number of anilines is 1. The predicted molar refractivity (Wildman–Crippen MR) is 132 cm³/mol. The molecule has 1 N–H and O–H groups in total. The second-order valence-electron chi connectivity index (χ2n) is 9.20. The van der Waals surface area contributed by atoms with Gasteiger partial charge in [0.25, 0.3) is 5.91 Å². The molecule has 0 radical (unpaired) electrons. The first kappa shape index (κ1) is 22.3. The number of benzene rings is 2. The molecule has 3 aromatic rings. The molecule has 3 atom stereocenters. The number of ether oxygens (including phenoxy) is 1. The molecule has 1 amide bonds. The summed E-state index contributed by atoms with van der Waals surface area (Å²) in [7, 11) is 0. The number of nitrogens with zero attached hydrogens (tertiary/aromatic N) is 4. The monoisotopic (exact) mass is 455 g/mol. The van der Waals surface area contributed by atoms with E-state index in [1.165, 1.54) is 0 Å². The predicted octanol–water partition coefficient (Wildman–Crippen LogP) is 3.20. The Labute approximate surface area is 199 Å². The number of nitrogens with one attached hydrogen (secondary N) is 1. The third-order valence-corrected chi connectivity index (χ3v) is 6.64. The topological polar surface area (TPSA) is 81.5 Å². The van der Waals surface area contributed by atoms with Crippen molar-refractivity contribution in [1.82, 2.24) is 15.2 Å². The van der Waals surface area contributed by atoms with Gasteiger partial charge >= 0.3 is 0 Å². The third kappa shape index (κ3) is 4.74. The zero-order chi connectivity index (χ0) is 23.5. The molecule has 0 bridgehead atoms. The van der Waals surface area contributed by atoms with Crippen molar-refractivity contribution in [3.8, 4) is 6.07 Å². The molecule has 174 valence electrons. The lowest BCUT2D eigenvalue weighted by atomic mass is 10.1. The summed E-state index contributed by atoms with van der Waals surface area (Å²) in [6.07, 6.45) is 2.83. The number of rotatable bonds is 5. The standard InChI is InChI=1S/C27H29N5O2/c1-19-15-32(25-10-9-21(14-28)26-24(25)8-5-12-29-26)18-23(34-19)17-31-13-11-22(16-31)30-27(33)20-6-3-2-4-7-20/h2-10,12,19,22-23H,11,13,15-18H2,1H3,(H,30,33). The number of amides is 1. The minimum absolute atomic E-state index is 0.0116. The molecule has 7 nitrogen and oxygen atoms in total. The molecule has 1 aromatic heterocycles. The van der Waals surface area contributed by atoms with Crippen molar-refractivity contribution in [3.63, 3.8) is 0 Å². The fourth-order valence-electron chi connectivity index (χ4n) is 5.13. The third-order valence-electron chi connectivity index (χ3n) is 6.64. The number of carbonyl (C=O) groups excluding carboxylic acids is 1. The van der Waals surface area contributed by atoms with Crippen molar-refractivity contribution in [2.75, 3.05) is 37.6 Å². The maximum atomic E-state index is 12.5. The first-order chi connectivity index (χ1) is 16.6. The van der Waals surface area contributed by atoms with Crippen LogP contribution in [0.1, 0.15) is 29.3 Å². The molecule has 2 aliphatic rings. The average Bonchev–Trinajstić information content (AvgIpc) is 3.29. The van der Waals surface area contributed by atoms with Crippen molar-refractivity contribution in [2.45, 2.75) is 31.6 Å². The van der Waals surface area contributed by atoms with Gasteiger partial charge in [0.05, 0.1) is 23.3 Å². The zero-order valence-corrected chi connectivity index (χ0v) is 19.4. The molecule has 7 heteroatoms. The molecule has 2 saturated heterocycles. The van der Waals surface area contributed by atoms with E-state index >= 15 is 0 Å². The van der Waals surface area contributed by atoms with Crippen molar-refractivity contribution in [2.24, 2.45) is 0 Å². The minimum Gasteiger partial charge on any atom is -0.370 e. The second kappa shape index (κ2) is 9.80. The van der Waals surface area contributed by atoms with E-state index in [1.54, 1.807) is 6.20 Å². The summed E-state index contributed by atoms with van der Waals surface area (Å²) in [6, 6.07) is 19.6. The average molecular weight is 456 g/mol. The SMILES string of the molecule is CC1CN(c2ccc(C#N)c3ncccc23)CC(CN2CCC(NC(=O)c3ccccc3)C2)O1. The summed E-state index contributed by atoms with van der Waals surface area (Å²) in [5.41, 5.74) is 3.13. The van der Waals surface area contributed by atoms with E-state index in [2.05, 4.69) is 33.1 Å². The normalized spacial score (nSPS) is 23.1. The van der Waals surface area contributed by atoms with E-state index in [-0.39, 0.29) is 24.2 Å². The van der Waals surface area contributed by atoms with E-state index in [9.17, 15) is 10.1 Å². The molecule has 34 heavy (non-hydrogen) atoms. The molecule has 0 spiro atoms. The summed E-state index contributed by atoms with van der Waals surface area (Å²) in [4.78, 5) is 21.7. The lowest BCUT2D eigenvalue weighted by molar-refractivity contribution is -0.0295. The molecule has 2 aromatic carbocycles. The number of carbonyl (C=O) groups is 1. The second-order valence-corrected chi connectivity index (χ2v) is 9.20. The van der Waals surface area contributed by atoms with Crippen LogP contribution in [0.5, 0.6) is 0 Å². The van der Waals surface area contributed by atoms with E-state index < -0.39 is 0 Å². The first-order valence-corrected chi connectivity index (χ1v) is 11.9. The Morgan fingerprint density at radius 3 is 2.82 bits per heavy atom. The van der Waals surface area contributed by atoms with Gasteiger partial charge in [-0.25, -0.2) is 0 Å². The van der Waals surface area contributed by atoms with Crippen LogP contribution < -0.4 is 10.2 Å². The number of nitriles is 1. The largest absolute Gasteiger partial charge is 0.370 e. The highest BCUT2D eigenvalue weighted by molar-refractivity contribution is 5.95. The van der Waals surface area contributed by atoms with Crippen LogP contribution in [0, 0.1) is 11.3 Å². The first-order valence-electron chi connectivity index (χ1n) is 11.9. The van der Waals surface area contributed by atoms with E-state index in [1.807, 2.05) is 54.6 Å². The Kier molecular flexibility index (Phi) is 6.43. The van der Waals surface area contributed by atoms with Gasteiger partial charge in [-0.3, -0.25) is 14.7 Å². The zero-order valence-electron chi connectivity index (χ0n) is 19.4. The van der Waals surface area contributed by atoms with Crippen LogP contribution in [0.15, 0.2) is 60.8 Å². The number of morpholine rings is 1. The van der Waals surface area contributed by atoms with Crippen LogP contribution in [0.4, 0.5) is 5.69 Å². The van der Waals surface area contributed by atoms with Gasteiger partial charge in [-0.15, -0.1) is 0 Å². The molecule has 2 aliphatic heterocycles. The maximum Gasteiger partial charge on any atom is 0.251 e. The van der Waals surface area contributed by atoms with Crippen LogP contribution in [0.3, 0.4) is 0 Å². The number of hydrogen-bond donors (Lipinski definition) is 1. The Bertz CT molecular complexity index is 1210. The molecule has 5 rings (SSSR count). The van der Waals surface area contributed by atoms with Crippen molar-refractivity contribution < 1.29 is 9.53 Å². The van der Waals surface area contributed by atoms with Gasteiger partial charge < -0.3 is 15.0 Å². The molecule has 3 unspecified atom stereocenters. The fourth-order valence-corrected chi connectivity index (χ4v) is 5.13. The number of fused-ring (bicyclic) bond motifs is 1. The van der Waals surface area contributed by atoms with Crippen LogP contribution in [-0.2, 0) is 4.74 Å². The van der Waals surface area contributed by atoms with E-state index in [4.69, 9.17) is 4.74 Å². The maximum absolute atomic E-state index is 12.5. The molecular weight excluding hydrogens is 426 g/mol. The van der Waals surface area contributed by atoms with Crippen LogP contribution in [-0.4, -0.2) is 66.8 Å². The lowest BCUT2D eigenvalue weighted by Gasteiger charge is -2.40. The van der Waals surface area contributed by atoms with Gasteiger partial charge in [0, 0.05) is 61.6 Å². The summed E-state index contributed by atoms with van der Waals surface area (Å²) in [6.45, 7) is 6.27. The molecular formula is C27H29N5O2. The smallest absolute Gasteiger partial charge is 0.251 e. The number of hydrogen-bond acceptors (Lipinski definition) is 6. The number of likely N-dealkylation sites (tertiary alicyclic amines) is 1. The Morgan fingerprint density at radius 2 is 2.00 bits per heavy atom. The van der Waals surface area contributed by atoms with Gasteiger partial charge in [-0.05, 0) is 49.7 Å². The number of pyridine rings is 1. The van der Waals surface area contributed by atoms with Gasteiger partial charge in [-0.2, -0.15) is 5.26 Å². The highest BCUT2D eigenvalue weighted by atomic mass is 16.5. The highest BCUT2D eigenvalue weighted by Gasteiger charge is 2.31. The highest BCUT2D eigenvalue weighted by Crippen LogP contribution is 2.30. The molecule has 3 heterocycles. The van der Waals surface area contributed by atoms with E-state index in [0.717, 1.165) is 55.7 Å². The van der Waals surface area contributed by atoms with Crippen LogP contribution >= 0.6 is 0 Å². The van der Waals surface area contributed by atoms with Crippen LogP contribution in [0.2, 0.25) is 0 Å². The van der Waals surface area contributed by atoms with Crippen molar-refractivity contribution in [3.05, 3.63) is 71.9 Å². The molecule has 2 fully saturated rings. The minimum atomic E-state index is -0.0116. The number of aromatic nitrogens is 1. The lowest BCUT2D eigenvalue weighted by Crippen LogP contribution is -2.51. The van der Waals surface area contributed by atoms with Gasteiger partial charge in [0.15, 0.2) is 0 Å². The van der Waals surface area contributed by atoms with Gasteiger partial charge in [-0.1, -0.05) is 18.2 Å². The van der Waals surface area contributed by atoms with Gasteiger partial charge in [0.2, 0.25) is 0 Å². The summed E-state index contributed by atoms with van der Waals surface area (Å²) < 4.78 is 6.30.